The zero-order valence-electron chi connectivity index (χ0n) is 23.6. The number of esters is 1. The molecule has 5 atom stereocenters. The summed E-state index contributed by atoms with van der Waals surface area (Å²) in [6, 6.07) is 12.7. The molecule has 4 bridgehead atoms. The van der Waals surface area contributed by atoms with E-state index in [0.717, 1.165) is 22.4 Å². The van der Waals surface area contributed by atoms with Crippen LogP contribution in [-0.2, 0) is 30.9 Å². The van der Waals surface area contributed by atoms with Gasteiger partial charge in [-0.3, -0.25) is 4.79 Å². The van der Waals surface area contributed by atoms with Crippen molar-refractivity contribution < 1.29 is 28.2 Å². The second-order valence-electron chi connectivity index (χ2n) is 12.3. The molecule has 0 radical (unpaired) electrons. The van der Waals surface area contributed by atoms with Crippen LogP contribution in [0.2, 0.25) is 0 Å². The van der Waals surface area contributed by atoms with Gasteiger partial charge in [0.25, 0.3) is 0 Å². The minimum atomic E-state index is -0.938. The van der Waals surface area contributed by atoms with Gasteiger partial charge in [-0.15, -0.1) is 0 Å². The minimum absolute atomic E-state index is 0.0308. The molecule has 4 aliphatic rings. The maximum absolute atomic E-state index is 13.5. The first-order chi connectivity index (χ1) is 19.6. The molecule has 7 rings (SSSR count). The Morgan fingerprint density at radius 2 is 1.93 bits per heavy atom. The molecule has 3 aromatic rings. The van der Waals surface area contributed by atoms with Gasteiger partial charge in [0, 0.05) is 17.2 Å². The summed E-state index contributed by atoms with van der Waals surface area (Å²) in [5.74, 6) is 0.836. The van der Waals surface area contributed by atoms with Gasteiger partial charge < -0.3 is 29.3 Å². The van der Waals surface area contributed by atoms with E-state index < -0.39 is 35.1 Å². The van der Waals surface area contributed by atoms with Crippen LogP contribution in [0, 0.1) is 11.3 Å². The molecule has 1 amide bonds. The summed E-state index contributed by atoms with van der Waals surface area (Å²) in [6.07, 6.45) is 0.0212. The molecule has 1 aromatic heterocycles. The van der Waals surface area contributed by atoms with Crippen molar-refractivity contribution in [3.8, 4) is 5.75 Å². The SMILES string of the molecule is COC(=O)C1COC(c2nc3oc2C24c5ccccc5N[C@@H]2Oc2ccc(cc24)CC(C)C(=O)NC3C(C)(C)C)=N1. The number of aliphatic imine (C=N–C) groups is 1. The van der Waals surface area contributed by atoms with Crippen molar-refractivity contribution in [3.05, 3.63) is 76.5 Å². The molecule has 10 nitrogen and oxygen atoms in total. The fourth-order valence-corrected chi connectivity index (χ4v) is 6.37. The molecule has 2 aromatic carbocycles. The summed E-state index contributed by atoms with van der Waals surface area (Å²) in [6.45, 7) is 8.05. The lowest BCUT2D eigenvalue weighted by Gasteiger charge is -2.31. The van der Waals surface area contributed by atoms with E-state index in [1.807, 2.05) is 58.0 Å². The number of nitrogens with zero attached hydrogens (tertiary/aromatic N) is 2. The van der Waals surface area contributed by atoms with E-state index in [2.05, 4.69) is 27.8 Å². The Kier molecular flexibility index (Phi) is 5.52. The average molecular weight is 557 g/mol. The number of para-hydroxylation sites is 1. The summed E-state index contributed by atoms with van der Waals surface area (Å²) in [7, 11) is 1.32. The predicted octanol–water partition coefficient (Wildman–Crippen LogP) is 3.87. The molecule has 0 fully saturated rings. The van der Waals surface area contributed by atoms with Gasteiger partial charge in [0.1, 0.15) is 23.8 Å². The number of rotatable bonds is 2. The number of carbonyl (C=O) groups excluding carboxylic acids is 2. The molecule has 0 saturated heterocycles. The molecule has 212 valence electrons. The molecule has 41 heavy (non-hydrogen) atoms. The smallest absolute Gasteiger partial charge is 0.334 e. The number of oxazole rings is 1. The lowest BCUT2D eigenvalue weighted by molar-refractivity contribution is -0.142. The highest BCUT2D eigenvalue weighted by Crippen LogP contribution is 2.58. The lowest BCUT2D eigenvalue weighted by atomic mass is 9.72. The maximum Gasteiger partial charge on any atom is 0.334 e. The second-order valence-corrected chi connectivity index (χ2v) is 12.3. The number of carbonyl (C=O) groups is 2. The van der Waals surface area contributed by atoms with Gasteiger partial charge >= 0.3 is 5.97 Å². The maximum atomic E-state index is 13.5. The first kappa shape index (κ1) is 25.6. The normalized spacial score (nSPS) is 27.6. The quantitative estimate of drug-likeness (QED) is 0.456. The number of hydrogen-bond acceptors (Lipinski definition) is 9. The number of fused-ring (bicyclic) bond motifs is 4. The van der Waals surface area contributed by atoms with Crippen LogP contribution in [0.25, 0.3) is 0 Å². The third-order valence-electron chi connectivity index (χ3n) is 8.46. The fourth-order valence-electron chi connectivity index (χ4n) is 6.37. The van der Waals surface area contributed by atoms with Gasteiger partial charge in [-0.25, -0.2) is 14.8 Å². The number of anilines is 1. The van der Waals surface area contributed by atoms with Crippen LogP contribution >= 0.6 is 0 Å². The molecule has 0 saturated carbocycles. The Bertz CT molecular complexity index is 1620. The van der Waals surface area contributed by atoms with Crippen LogP contribution < -0.4 is 15.4 Å². The summed E-state index contributed by atoms with van der Waals surface area (Å²) >= 11 is 0. The highest BCUT2D eigenvalue weighted by atomic mass is 16.5. The van der Waals surface area contributed by atoms with Crippen LogP contribution in [0.15, 0.2) is 51.9 Å². The molecular weight excluding hydrogens is 524 g/mol. The molecule has 0 aliphatic carbocycles. The zero-order chi connectivity index (χ0) is 28.7. The van der Waals surface area contributed by atoms with E-state index in [4.69, 9.17) is 23.6 Å². The minimum Gasteiger partial charge on any atom is -0.473 e. The number of nitrogens with one attached hydrogen (secondary N) is 2. The van der Waals surface area contributed by atoms with Gasteiger partial charge in [0.05, 0.1) is 7.11 Å². The van der Waals surface area contributed by atoms with E-state index in [1.165, 1.54) is 7.11 Å². The Morgan fingerprint density at radius 3 is 2.71 bits per heavy atom. The third kappa shape index (κ3) is 3.69. The number of hydrogen-bond donors (Lipinski definition) is 2. The summed E-state index contributed by atoms with van der Waals surface area (Å²) in [5.41, 5.74) is 2.79. The topological polar surface area (TPSA) is 124 Å². The van der Waals surface area contributed by atoms with Gasteiger partial charge in [-0.05, 0) is 35.1 Å². The van der Waals surface area contributed by atoms with Crippen molar-refractivity contribution in [2.24, 2.45) is 16.3 Å². The van der Waals surface area contributed by atoms with E-state index in [1.54, 1.807) is 0 Å². The van der Waals surface area contributed by atoms with Crippen LogP contribution in [0.5, 0.6) is 5.75 Å². The monoisotopic (exact) mass is 556 g/mol. The van der Waals surface area contributed by atoms with Gasteiger partial charge in [-0.2, -0.15) is 0 Å². The standard InChI is InChI=1S/C31H32N4O6/c1-15-12-16-10-11-21-18(13-16)31(17-8-6-7-9-19(17)33-29(31)40-21)24-22(26-32-20(14-39-26)28(37)38-5)34-27(41-24)23(30(2,3)4)35-25(15)36/h6-11,13,15,20,23,29,33H,12,14H2,1-5H3,(H,35,36)/t15?,20?,23?,29-,31?/m1/s1. The number of amides is 1. The Hall–Kier alpha value is -4.34. The molecule has 4 aliphatic heterocycles. The number of methoxy groups -OCH3 is 1. The van der Waals surface area contributed by atoms with Crippen molar-refractivity contribution >= 4 is 23.5 Å². The first-order valence-corrected chi connectivity index (χ1v) is 13.9. The lowest BCUT2D eigenvalue weighted by Crippen LogP contribution is -2.41. The number of benzene rings is 2. The van der Waals surface area contributed by atoms with Crippen LogP contribution in [-0.4, -0.2) is 48.7 Å². The summed E-state index contributed by atoms with van der Waals surface area (Å²) in [5, 5.41) is 6.76. The largest absolute Gasteiger partial charge is 0.473 e. The second kappa shape index (κ2) is 8.83. The molecule has 10 heteroatoms. The van der Waals surface area contributed by atoms with Gasteiger partial charge in [0.15, 0.2) is 23.7 Å². The molecule has 1 spiro atoms. The zero-order valence-corrected chi connectivity index (χ0v) is 23.6. The number of aromatic nitrogens is 1. The Balaban J connectivity index is 1.55. The van der Waals surface area contributed by atoms with Crippen LogP contribution in [0.3, 0.4) is 0 Å². The Labute approximate surface area is 237 Å². The summed E-state index contributed by atoms with van der Waals surface area (Å²) < 4.78 is 24.3. The van der Waals surface area contributed by atoms with Gasteiger partial charge in [-0.1, -0.05) is 58.0 Å². The molecular formula is C31H32N4O6. The van der Waals surface area contributed by atoms with Gasteiger partial charge in [0.2, 0.25) is 17.7 Å². The Morgan fingerprint density at radius 1 is 1.12 bits per heavy atom. The summed E-state index contributed by atoms with van der Waals surface area (Å²) in [4.78, 5) is 35.4. The molecule has 4 unspecified atom stereocenters. The van der Waals surface area contributed by atoms with Crippen LogP contribution in [0.4, 0.5) is 5.69 Å². The fraction of sp³-hybridized carbons (Fsp3) is 0.419. The van der Waals surface area contributed by atoms with Crippen LogP contribution in [0.1, 0.15) is 67.8 Å². The average Bonchev–Trinajstić information content (AvgIpc) is 3.70. The van der Waals surface area contributed by atoms with Crippen molar-refractivity contribution in [3.63, 3.8) is 0 Å². The van der Waals surface area contributed by atoms with Crippen molar-refractivity contribution in [2.75, 3.05) is 19.0 Å². The predicted molar refractivity (Wildman–Crippen MR) is 149 cm³/mol. The molecule has 2 N–H and O–H groups in total. The van der Waals surface area contributed by atoms with Crippen molar-refractivity contribution in [1.82, 2.24) is 10.3 Å². The number of ether oxygens (including phenoxy) is 3. The van der Waals surface area contributed by atoms with E-state index in [-0.39, 0.29) is 24.3 Å². The first-order valence-electron chi connectivity index (χ1n) is 13.9. The third-order valence-corrected chi connectivity index (χ3v) is 8.46. The van der Waals surface area contributed by atoms with Crippen molar-refractivity contribution in [1.29, 1.82) is 0 Å². The van der Waals surface area contributed by atoms with Crippen molar-refractivity contribution in [2.45, 2.75) is 57.8 Å². The van der Waals surface area contributed by atoms with E-state index in [0.29, 0.717) is 29.5 Å². The van der Waals surface area contributed by atoms with E-state index in [9.17, 15) is 9.59 Å². The highest BCUT2D eigenvalue weighted by molar-refractivity contribution is 5.98. The molecule has 5 heterocycles. The highest BCUT2D eigenvalue weighted by Gasteiger charge is 2.61. The van der Waals surface area contributed by atoms with E-state index >= 15 is 0 Å².